The second kappa shape index (κ2) is 8.39. The minimum absolute atomic E-state index is 0.531. The Morgan fingerprint density at radius 1 is 1.15 bits per heavy atom. The van der Waals surface area contributed by atoms with Crippen LogP contribution in [-0.4, -0.2) is 23.4 Å². The van der Waals surface area contributed by atoms with E-state index in [4.69, 9.17) is 14.2 Å². The van der Waals surface area contributed by atoms with Gasteiger partial charge in [0.05, 0.1) is 0 Å². The molecule has 3 nitrogen and oxygen atoms in total. The standard InChI is InChI=1S/C16H22O3.Cr/c1-5-17-13-12-15(16(3,4)18-6-2)19-14-10-8-7-9-11-14;/h7-12H,5-6H2,1-4H3;/b15-12-;. The van der Waals surface area contributed by atoms with Crippen LogP contribution in [-0.2, 0) is 25.3 Å². The number of para-hydroxylation sites is 1. The average molecular weight is 314 g/mol. The van der Waals surface area contributed by atoms with Gasteiger partial charge in [0, 0.05) is 0 Å². The molecule has 0 bridgehead atoms. The Hall–Kier alpha value is -0.918. The van der Waals surface area contributed by atoms with Crippen LogP contribution in [0.25, 0.3) is 0 Å². The molecule has 0 aliphatic carbocycles. The van der Waals surface area contributed by atoms with E-state index in [1.54, 1.807) is 0 Å². The zero-order chi connectivity index (χ0) is 15.0. The van der Waals surface area contributed by atoms with E-state index in [1.807, 2.05) is 64.1 Å². The van der Waals surface area contributed by atoms with Crippen molar-refractivity contribution < 1.29 is 30.1 Å². The van der Waals surface area contributed by atoms with Gasteiger partial charge in [0.15, 0.2) is 0 Å². The molecule has 1 rings (SSSR count). The van der Waals surface area contributed by atoms with Crippen LogP contribution < -0.4 is 4.74 Å². The Balaban J connectivity index is 2.98. The number of rotatable bonds is 8. The molecule has 0 fully saturated rings. The van der Waals surface area contributed by atoms with Crippen molar-refractivity contribution in [3.8, 4) is 5.75 Å². The van der Waals surface area contributed by atoms with Crippen molar-refractivity contribution in [3.05, 3.63) is 42.2 Å². The summed E-state index contributed by atoms with van der Waals surface area (Å²) in [5.41, 5.74) is -0.531. The molecule has 0 aliphatic heterocycles. The SMILES string of the molecule is CCO[C](=[Cr])/C=C(\Oc1ccccc1)C(C)(C)OCC. The normalized spacial score (nSPS) is 12.3. The van der Waals surface area contributed by atoms with Crippen LogP contribution in [0, 0.1) is 0 Å². The van der Waals surface area contributed by atoms with Gasteiger partial charge >= 0.3 is 129 Å². The van der Waals surface area contributed by atoms with Gasteiger partial charge < -0.3 is 0 Å². The minimum atomic E-state index is -0.531. The fourth-order valence-electron chi connectivity index (χ4n) is 1.66. The van der Waals surface area contributed by atoms with Crippen molar-refractivity contribution in [2.24, 2.45) is 0 Å². The quantitative estimate of drug-likeness (QED) is 0.688. The van der Waals surface area contributed by atoms with Crippen molar-refractivity contribution >= 4 is 4.57 Å². The molecule has 0 heterocycles. The van der Waals surface area contributed by atoms with Gasteiger partial charge in [-0.15, -0.1) is 0 Å². The Morgan fingerprint density at radius 2 is 1.80 bits per heavy atom. The summed E-state index contributed by atoms with van der Waals surface area (Å²) in [4.78, 5) is 0. The van der Waals surface area contributed by atoms with Gasteiger partial charge in [-0.2, -0.15) is 0 Å². The Labute approximate surface area is 129 Å². The number of hydrogen-bond acceptors (Lipinski definition) is 3. The van der Waals surface area contributed by atoms with Crippen LogP contribution in [0.5, 0.6) is 5.75 Å². The summed E-state index contributed by atoms with van der Waals surface area (Å²) in [5.74, 6) is 1.48. The fourth-order valence-corrected chi connectivity index (χ4v) is 2.02. The summed E-state index contributed by atoms with van der Waals surface area (Å²) in [6.45, 7) is 9.07. The van der Waals surface area contributed by atoms with E-state index in [0.717, 1.165) is 5.75 Å². The van der Waals surface area contributed by atoms with E-state index in [9.17, 15) is 0 Å². The Bertz CT molecular complexity index is 452. The van der Waals surface area contributed by atoms with Crippen molar-refractivity contribution in [3.63, 3.8) is 0 Å². The van der Waals surface area contributed by atoms with E-state index in [1.165, 1.54) is 0 Å². The predicted molar refractivity (Wildman–Crippen MR) is 77.5 cm³/mol. The van der Waals surface area contributed by atoms with Gasteiger partial charge in [0.25, 0.3) is 0 Å². The van der Waals surface area contributed by atoms with Gasteiger partial charge in [0.1, 0.15) is 0 Å². The van der Waals surface area contributed by atoms with E-state index in [0.29, 0.717) is 23.5 Å². The van der Waals surface area contributed by atoms with Crippen molar-refractivity contribution in [1.29, 1.82) is 0 Å². The molecule has 1 aromatic rings. The van der Waals surface area contributed by atoms with E-state index >= 15 is 0 Å². The number of hydrogen-bond donors (Lipinski definition) is 0. The summed E-state index contributed by atoms with van der Waals surface area (Å²) in [7, 11) is 0. The molecule has 0 aromatic heterocycles. The van der Waals surface area contributed by atoms with Gasteiger partial charge in [-0.3, -0.25) is 0 Å². The first-order chi connectivity index (χ1) is 9.49. The molecule has 0 unspecified atom stereocenters. The third kappa shape index (κ3) is 5.60. The summed E-state index contributed by atoms with van der Waals surface area (Å²) < 4.78 is 17.8. The maximum absolute atomic E-state index is 5.96. The van der Waals surface area contributed by atoms with Crippen LogP contribution in [0.3, 0.4) is 0 Å². The van der Waals surface area contributed by atoms with Crippen molar-refractivity contribution in [2.75, 3.05) is 13.2 Å². The molecule has 0 saturated heterocycles. The molecular formula is C16H22CrO3. The van der Waals surface area contributed by atoms with Crippen molar-refractivity contribution in [1.82, 2.24) is 0 Å². The predicted octanol–water partition coefficient (Wildman–Crippen LogP) is 3.48. The first-order valence-corrected chi connectivity index (χ1v) is 7.39. The van der Waals surface area contributed by atoms with E-state index in [-0.39, 0.29) is 0 Å². The summed E-state index contributed by atoms with van der Waals surface area (Å²) in [6, 6.07) is 9.65. The molecule has 0 saturated carbocycles. The third-order valence-electron chi connectivity index (χ3n) is 2.61. The fraction of sp³-hybridized carbons (Fsp3) is 0.438. The van der Waals surface area contributed by atoms with Crippen LogP contribution in [0.4, 0.5) is 0 Å². The van der Waals surface area contributed by atoms with Crippen LogP contribution >= 0.6 is 0 Å². The second-order valence-corrected chi connectivity index (χ2v) is 5.25. The summed E-state index contributed by atoms with van der Waals surface area (Å²) in [6.07, 6.45) is 1.84. The first-order valence-electron chi connectivity index (χ1n) is 6.75. The molecular weight excluding hydrogens is 292 g/mol. The van der Waals surface area contributed by atoms with Gasteiger partial charge in [-0.25, -0.2) is 0 Å². The second-order valence-electron chi connectivity index (χ2n) is 4.62. The van der Waals surface area contributed by atoms with Gasteiger partial charge in [0.2, 0.25) is 0 Å². The molecule has 0 atom stereocenters. The monoisotopic (exact) mass is 314 g/mol. The Kier molecular flexibility index (Phi) is 7.19. The molecule has 4 heteroatoms. The third-order valence-corrected chi connectivity index (χ3v) is 2.97. The van der Waals surface area contributed by atoms with Crippen LogP contribution in [0.1, 0.15) is 27.7 Å². The Morgan fingerprint density at radius 3 is 2.35 bits per heavy atom. The molecule has 0 spiro atoms. The number of benzene rings is 1. The zero-order valence-corrected chi connectivity index (χ0v) is 13.8. The summed E-state index contributed by atoms with van der Waals surface area (Å²) >= 11 is 2.89. The molecule has 0 aliphatic rings. The van der Waals surface area contributed by atoms with Crippen molar-refractivity contribution in [2.45, 2.75) is 33.3 Å². The van der Waals surface area contributed by atoms with Crippen LogP contribution in [0.15, 0.2) is 42.2 Å². The summed E-state index contributed by atoms with van der Waals surface area (Å²) in [5, 5.41) is 0. The zero-order valence-electron chi connectivity index (χ0n) is 12.5. The number of ether oxygens (including phenoxy) is 3. The molecule has 20 heavy (non-hydrogen) atoms. The van der Waals surface area contributed by atoms with Gasteiger partial charge in [-0.05, 0) is 0 Å². The van der Waals surface area contributed by atoms with Gasteiger partial charge in [-0.1, -0.05) is 0 Å². The molecule has 110 valence electrons. The maximum atomic E-state index is 5.96. The molecule has 0 radical (unpaired) electrons. The van der Waals surface area contributed by atoms with Crippen LogP contribution in [0.2, 0.25) is 0 Å². The molecule has 0 amide bonds. The first kappa shape index (κ1) is 17.1. The topological polar surface area (TPSA) is 27.7 Å². The van der Waals surface area contributed by atoms with E-state index in [2.05, 4.69) is 15.9 Å². The van der Waals surface area contributed by atoms with E-state index < -0.39 is 5.60 Å². The average Bonchev–Trinajstić information content (AvgIpc) is 2.39. The molecule has 1 aromatic carbocycles. The molecule has 0 N–H and O–H groups in total.